The largest absolute Gasteiger partial charge is 0.495 e. The van der Waals surface area contributed by atoms with Gasteiger partial charge < -0.3 is 4.74 Å². The van der Waals surface area contributed by atoms with E-state index in [4.69, 9.17) is 27.0 Å². The average Bonchev–Trinajstić information content (AvgIpc) is 2.56. The van der Waals surface area contributed by atoms with Crippen molar-refractivity contribution in [2.45, 2.75) is 4.90 Å². The minimum atomic E-state index is -3.87. The summed E-state index contributed by atoms with van der Waals surface area (Å²) in [5, 5.41) is 0.971. The monoisotopic (exact) mass is 461 g/mol. The molecule has 1 heterocycles. The molecular formula is C16H10BrCl2NO4S. The van der Waals surface area contributed by atoms with Gasteiger partial charge in [0, 0.05) is 32.7 Å². The Balaban J connectivity index is 2.39. The number of fused-ring (bicyclic) bond motifs is 1. The van der Waals surface area contributed by atoms with Crippen molar-refractivity contribution < 1.29 is 13.2 Å². The summed E-state index contributed by atoms with van der Waals surface area (Å²) < 4.78 is 30.4. The van der Waals surface area contributed by atoms with Crippen LogP contribution in [0.3, 0.4) is 0 Å². The third kappa shape index (κ3) is 3.42. The third-order valence-electron chi connectivity index (χ3n) is 3.61. The van der Waals surface area contributed by atoms with Crippen molar-refractivity contribution in [2.24, 2.45) is 0 Å². The maximum Gasteiger partial charge on any atom is 0.261 e. The van der Waals surface area contributed by atoms with Gasteiger partial charge in [0.15, 0.2) is 0 Å². The van der Waals surface area contributed by atoms with Crippen LogP contribution in [0.4, 0.5) is 0 Å². The van der Waals surface area contributed by atoms with E-state index in [0.29, 0.717) is 31.8 Å². The molecule has 0 bridgehead atoms. The Morgan fingerprint density at radius 2 is 1.84 bits per heavy atom. The van der Waals surface area contributed by atoms with Crippen molar-refractivity contribution in [3.63, 3.8) is 0 Å². The van der Waals surface area contributed by atoms with Gasteiger partial charge in [-0.3, -0.25) is 9.36 Å². The number of halogens is 3. The highest BCUT2D eigenvalue weighted by molar-refractivity contribution is 9.10. The van der Waals surface area contributed by atoms with Gasteiger partial charge in [-0.2, -0.15) is 0 Å². The Bertz CT molecular complexity index is 1160. The van der Waals surface area contributed by atoms with Gasteiger partial charge in [-0.1, -0.05) is 11.6 Å². The molecule has 3 aromatic rings. The van der Waals surface area contributed by atoms with E-state index in [1.54, 1.807) is 12.1 Å². The van der Waals surface area contributed by atoms with Crippen LogP contribution in [0.25, 0.3) is 16.6 Å². The lowest BCUT2D eigenvalue weighted by Crippen LogP contribution is -2.18. The highest BCUT2D eigenvalue weighted by atomic mass is 79.9. The Morgan fingerprint density at radius 1 is 1.12 bits per heavy atom. The summed E-state index contributed by atoms with van der Waals surface area (Å²) in [6.07, 6.45) is 0. The van der Waals surface area contributed by atoms with Crippen molar-refractivity contribution in [3.8, 4) is 11.4 Å². The summed E-state index contributed by atoms with van der Waals surface area (Å²) in [4.78, 5) is 12.4. The van der Waals surface area contributed by atoms with Crippen LogP contribution >= 0.6 is 38.2 Å². The standard InChI is InChI=1S/C16H10BrCl2NO4S/c1-24-15-8-12(18)11(17)7-14(15)20-13-4-3-10(25(19,22)23)6-9(13)2-5-16(20)21/h2-8H,1H3. The highest BCUT2D eigenvalue weighted by Crippen LogP contribution is 2.34. The van der Waals surface area contributed by atoms with E-state index in [0.717, 1.165) is 0 Å². The van der Waals surface area contributed by atoms with Gasteiger partial charge in [0.25, 0.3) is 14.6 Å². The summed E-state index contributed by atoms with van der Waals surface area (Å²) in [7, 11) is 2.99. The minimum absolute atomic E-state index is 0.0453. The van der Waals surface area contributed by atoms with Crippen molar-refractivity contribution in [3.05, 3.63) is 62.3 Å². The molecule has 0 spiro atoms. The molecular weight excluding hydrogens is 453 g/mol. The molecule has 5 nitrogen and oxygen atoms in total. The van der Waals surface area contributed by atoms with E-state index >= 15 is 0 Å². The van der Waals surface area contributed by atoms with Crippen molar-refractivity contribution in [2.75, 3.05) is 7.11 Å². The number of methoxy groups -OCH3 is 1. The molecule has 0 saturated carbocycles. The van der Waals surface area contributed by atoms with Gasteiger partial charge in [0.2, 0.25) is 0 Å². The van der Waals surface area contributed by atoms with Crippen LogP contribution in [0.15, 0.2) is 56.6 Å². The lowest BCUT2D eigenvalue weighted by Gasteiger charge is -2.15. The first kappa shape index (κ1) is 18.3. The van der Waals surface area contributed by atoms with Gasteiger partial charge in [0.1, 0.15) is 5.75 Å². The molecule has 3 rings (SSSR count). The fourth-order valence-corrected chi connectivity index (χ4v) is 3.75. The molecule has 0 fully saturated rings. The quantitative estimate of drug-likeness (QED) is 0.543. The second-order valence-corrected chi connectivity index (χ2v) is 8.93. The summed E-state index contributed by atoms with van der Waals surface area (Å²) >= 11 is 9.42. The van der Waals surface area contributed by atoms with E-state index in [-0.39, 0.29) is 10.5 Å². The number of ether oxygens (including phenoxy) is 1. The van der Waals surface area contributed by atoms with Gasteiger partial charge in [-0.25, -0.2) is 8.42 Å². The smallest absolute Gasteiger partial charge is 0.261 e. The molecule has 0 amide bonds. The van der Waals surface area contributed by atoms with Crippen LogP contribution in [0, 0.1) is 0 Å². The SMILES string of the molecule is COc1cc(Cl)c(Br)cc1-n1c(=O)ccc2cc(S(=O)(=O)Cl)ccc21. The van der Waals surface area contributed by atoms with E-state index in [1.165, 1.54) is 42.0 Å². The Morgan fingerprint density at radius 3 is 2.48 bits per heavy atom. The van der Waals surface area contributed by atoms with E-state index in [2.05, 4.69) is 15.9 Å². The summed E-state index contributed by atoms with van der Waals surface area (Å²) in [5.41, 5.74) is 0.668. The average molecular weight is 463 g/mol. The first-order valence-electron chi connectivity index (χ1n) is 6.86. The maximum atomic E-state index is 12.5. The van der Waals surface area contributed by atoms with Crippen LogP contribution in [-0.2, 0) is 9.05 Å². The summed E-state index contributed by atoms with van der Waals surface area (Å²) in [5.74, 6) is 0.400. The normalized spacial score (nSPS) is 11.7. The zero-order valence-corrected chi connectivity index (χ0v) is 16.6. The summed E-state index contributed by atoms with van der Waals surface area (Å²) in [6.45, 7) is 0. The molecule has 0 unspecified atom stereocenters. The molecule has 9 heteroatoms. The summed E-state index contributed by atoms with van der Waals surface area (Å²) in [6, 6.07) is 10.4. The molecule has 0 aliphatic heterocycles. The molecule has 0 aliphatic carbocycles. The lowest BCUT2D eigenvalue weighted by atomic mass is 10.2. The number of hydrogen-bond donors (Lipinski definition) is 0. The van der Waals surface area contributed by atoms with Crippen LogP contribution < -0.4 is 10.3 Å². The number of benzene rings is 2. The Hall–Kier alpha value is -1.54. The predicted molar refractivity (Wildman–Crippen MR) is 102 cm³/mol. The highest BCUT2D eigenvalue weighted by Gasteiger charge is 2.16. The molecule has 130 valence electrons. The number of rotatable bonds is 3. The van der Waals surface area contributed by atoms with Crippen molar-refractivity contribution in [1.29, 1.82) is 0 Å². The number of pyridine rings is 1. The molecule has 0 atom stereocenters. The fourth-order valence-electron chi connectivity index (χ4n) is 2.48. The minimum Gasteiger partial charge on any atom is -0.495 e. The zero-order chi connectivity index (χ0) is 18.4. The molecule has 1 aromatic heterocycles. The number of hydrogen-bond acceptors (Lipinski definition) is 4. The first-order valence-corrected chi connectivity index (χ1v) is 10.3. The number of aromatic nitrogens is 1. The van der Waals surface area contributed by atoms with E-state index < -0.39 is 9.05 Å². The zero-order valence-electron chi connectivity index (χ0n) is 12.7. The van der Waals surface area contributed by atoms with Gasteiger partial charge >= 0.3 is 0 Å². The van der Waals surface area contributed by atoms with Crippen LogP contribution in [0.1, 0.15) is 0 Å². The molecule has 0 aliphatic rings. The molecule has 0 saturated heterocycles. The topological polar surface area (TPSA) is 65.4 Å². The molecule has 25 heavy (non-hydrogen) atoms. The van der Waals surface area contributed by atoms with Crippen molar-refractivity contribution >= 4 is 58.2 Å². The fraction of sp³-hybridized carbons (Fsp3) is 0.0625. The lowest BCUT2D eigenvalue weighted by molar-refractivity contribution is 0.413. The molecule has 2 aromatic carbocycles. The Labute approximate surface area is 161 Å². The third-order valence-corrected chi connectivity index (χ3v) is 6.16. The molecule has 0 N–H and O–H groups in total. The van der Waals surface area contributed by atoms with Gasteiger partial charge in [-0.05, 0) is 46.3 Å². The first-order chi connectivity index (χ1) is 11.7. The Kier molecular flexibility index (Phi) is 4.85. The van der Waals surface area contributed by atoms with Gasteiger partial charge in [-0.15, -0.1) is 0 Å². The predicted octanol–water partition coefficient (Wildman–Crippen LogP) is 4.34. The van der Waals surface area contributed by atoms with Crippen LogP contribution in [0.2, 0.25) is 5.02 Å². The maximum absolute atomic E-state index is 12.5. The molecule has 0 radical (unpaired) electrons. The van der Waals surface area contributed by atoms with Crippen molar-refractivity contribution in [1.82, 2.24) is 4.57 Å². The van der Waals surface area contributed by atoms with E-state index in [1.807, 2.05) is 0 Å². The second kappa shape index (κ2) is 6.64. The second-order valence-electron chi connectivity index (χ2n) is 5.10. The van der Waals surface area contributed by atoms with Crippen LogP contribution in [-0.4, -0.2) is 20.1 Å². The van der Waals surface area contributed by atoms with Crippen LogP contribution in [0.5, 0.6) is 5.75 Å². The van der Waals surface area contributed by atoms with E-state index in [9.17, 15) is 13.2 Å². The van der Waals surface area contributed by atoms with Gasteiger partial charge in [0.05, 0.1) is 28.2 Å². The number of nitrogens with zero attached hydrogens (tertiary/aromatic N) is 1.